The van der Waals surface area contributed by atoms with E-state index in [0.29, 0.717) is 31.6 Å². The van der Waals surface area contributed by atoms with E-state index in [4.69, 9.17) is 9.84 Å². The molecule has 0 aromatic heterocycles. The van der Waals surface area contributed by atoms with Gasteiger partial charge in [-0.05, 0) is 53.2 Å². The van der Waals surface area contributed by atoms with Gasteiger partial charge in [-0.15, -0.1) is 0 Å². The van der Waals surface area contributed by atoms with Crippen molar-refractivity contribution in [2.75, 3.05) is 13.2 Å². The van der Waals surface area contributed by atoms with Gasteiger partial charge in [0.25, 0.3) is 0 Å². The van der Waals surface area contributed by atoms with Crippen LogP contribution >= 0.6 is 0 Å². The van der Waals surface area contributed by atoms with Crippen LogP contribution in [0.2, 0.25) is 0 Å². The van der Waals surface area contributed by atoms with E-state index in [2.05, 4.69) is 53.7 Å². The summed E-state index contributed by atoms with van der Waals surface area (Å²) >= 11 is 0. The Bertz CT molecular complexity index is 556. The second-order valence-corrected chi connectivity index (χ2v) is 9.04. The molecule has 1 rings (SSSR count). The van der Waals surface area contributed by atoms with E-state index in [1.165, 1.54) is 0 Å². The molecule has 0 aliphatic carbocycles. The Kier molecular flexibility index (Phi) is 8.14. The third-order valence-electron chi connectivity index (χ3n) is 4.45. The number of aryl methyl sites for hydroxylation is 1. The van der Waals surface area contributed by atoms with Crippen LogP contribution in [0.25, 0.3) is 0 Å². The van der Waals surface area contributed by atoms with E-state index >= 15 is 0 Å². The normalized spacial score (nSPS) is 12.3. The summed E-state index contributed by atoms with van der Waals surface area (Å²) in [7, 11) is 0. The predicted molar refractivity (Wildman–Crippen MR) is 106 cm³/mol. The minimum Gasteiger partial charge on any atom is -0.507 e. The lowest BCUT2D eigenvalue weighted by molar-refractivity contribution is -0.143. The molecule has 0 spiro atoms. The molecule has 148 valence electrons. The number of phenols is 1. The van der Waals surface area contributed by atoms with Crippen molar-refractivity contribution >= 4 is 5.97 Å². The van der Waals surface area contributed by atoms with Gasteiger partial charge >= 0.3 is 5.97 Å². The number of esters is 1. The van der Waals surface area contributed by atoms with E-state index in [-0.39, 0.29) is 23.4 Å². The van der Waals surface area contributed by atoms with E-state index in [9.17, 15) is 9.90 Å². The monoisotopic (exact) mass is 364 g/mol. The summed E-state index contributed by atoms with van der Waals surface area (Å²) in [6.07, 6.45) is 3.24. The van der Waals surface area contributed by atoms with Gasteiger partial charge in [0.2, 0.25) is 0 Å². The van der Waals surface area contributed by atoms with Crippen molar-refractivity contribution in [1.82, 2.24) is 0 Å². The van der Waals surface area contributed by atoms with Crippen LogP contribution in [0.1, 0.15) is 83.9 Å². The molecule has 0 radical (unpaired) electrons. The molecule has 1 aromatic carbocycles. The number of ether oxygens (including phenoxy) is 1. The summed E-state index contributed by atoms with van der Waals surface area (Å²) in [5.41, 5.74) is 2.75. The first-order valence-electron chi connectivity index (χ1n) is 9.60. The highest BCUT2D eigenvalue weighted by Crippen LogP contribution is 2.40. The second-order valence-electron chi connectivity index (χ2n) is 9.04. The first-order valence-corrected chi connectivity index (χ1v) is 9.60. The Morgan fingerprint density at radius 2 is 1.50 bits per heavy atom. The van der Waals surface area contributed by atoms with Gasteiger partial charge in [-0.25, -0.2) is 0 Å². The quantitative estimate of drug-likeness (QED) is 0.521. The van der Waals surface area contributed by atoms with Crippen LogP contribution in [0, 0.1) is 0 Å². The van der Waals surface area contributed by atoms with Gasteiger partial charge < -0.3 is 14.9 Å². The van der Waals surface area contributed by atoms with Crippen molar-refractivity contribution in [3.8, 4) is 5.75 Å². The van der Waals surface area contributed by atoms with Crippen molar-refractivity contribution in [1.29, 1.82) is 0 Å². The highest BCUT2D eigenvalue weighted by molar-refractivity contribution is 5.69. The molecule has 1 aromatic rings. The molecule has 0 heterocycles. The predicted octanol–water partition coefficient (Wildman–Crippen LogP) is 4.63. The van der Waals surface area contributed by atoms with Gasteiger partial charge in [-0.1, -0.05) is 53.7 Å². The van der Waals surface area contributed by atoms with E-state index in [0.717, 1.165) is 29.5 Å². The molecule has 0 fully saturated rings. The highest BCUT2D eigenvalue weighted by Gasteiger charge is 2.26. The van der Waals surface area contributed by atoms with Crippen molar-refractivity contribution in [2.45, 2.75) is 84.5 Å². The molecule has 0 atom stereocenters. The van der Waals surface area contributed by atoms with Crippen molar-refractivity contribution in [3.63, 3.8) is 0 Å². The molecule has 0 amide bonds. The Balaban J connectivity index is 2.79. The number of phenolic OH excluding ortho intramolecular Hbond substituents is 1. The van der Waals surface area contributed by atoms with Crippen LogP contribution in [0.15, 0.2) is 12.1 Å². The van der Waals surface area contributed by atoms with Gasteiger partial charge in [0, 0.05) is 13.0 Å². The number of unbranched alkanes of at least 4 members (excludes halogenated alkanes) is 1. The zero-order chi connectivity index (χ0) is 20.0. The maximum Gasteiger partial charge on any atom is 0.305 e. The summed E-state index contributed by atoms with van der Waals surface area (Å²) in [6, 6.07) is 4.13. The fraction of sp³-hybridized carbons (Fsp3) is 0.682. The summed E-state index contributed by atoms with van der Waals surface area (Å²) in [5, 5.41) is 19.5. The highest BCUT2D eigenvalue weighted by atomic mass is 16.5. The van der Waals surface area contributed by atoms with Crippen molar-refractivity contribution in [2.24, 2.45) is 0 Å². The summed E-state index contributed by atoms with van der Waals surface area (Å²) in [6.45, 7) is 13.1. The van der Waals surface area contributed by atoms with Gasteiger partial charge in [0.1, 0.15) is 5.75 Å². The Hall–Kier alpha value is -1.55. The Morgan fingerprint density at radius 1 is 0.962 bits per heavy atom. The number of aliphatic hydroxyl groups is 1. The fourth-order valence-electron chi connectivity index (χ4n) is 2.89. The van der Waals surface area contributed by atoms with Crippen LogP contribution in [0.3, 0.4) is 0 Å². The van der Waals surface area contributed by atoms with E-state index < -0.39 is 0 Å². The van der Waals surface area contributed by atoms with Crippen LogP contribution in [0.5, 0.6) is 5.75 Å². The van der Waals surface area contributed by atoms with E-state index in [1.54, 1.807) is 0 Å². The van der Waals surface area contributed by atoms with Crippen LogP contribution in [0.4, 0.5) is 0 Å². The Labute approximate surface area is 158 Å². The average molecular weight is 365 g/mol. The minimum absolute atomic E-state index is 0.130. The fourth-order valence-corrected chi connectivity index (χ4v) is 2.89. The van der Waals surface area contributed by atoms with Crippen LogP contribution < -0.4 is 0 Å². The first kappa shape index (κ1) is 22.5. The Morgan fingerprint density at radius 3 is 1.96 bits per heavy atom. The van der Waals surface area contributed by atoms with Gasteiger partial charge in [0.15, 0.2) is 0 Å². The number of carbonyl (C=O) groups excluding carboxylic acids is 1. The average Bonchev–Trinajstić information content (AvgIpc) is 2.50. The molecular formula is C22H36O4. The smallest absolute Gasteiger partial charge is 0.305 e. The third kappa shape index (κ3) is 6.99. The molecule has 0 saturated carbocycles. The lowest BCUT2D eigenvalue weighted by Gasteiger charge is -2.28. The lowest BCUT2D eigenvalue weighted by Crippen LogP contribution is -2.18. The molecule has 0 bridgehead atoms. The largest absolute Gasteiger partial charge is 0.507 e. The zero-order valence-electron chi connectivity index (χ0n) is 17.3. The van der Waals surface area contributed by atoms with Gasteiger partial charge in [-0.3, -0.25) is 4.79 Å². The molecule has 2 N–H and O–H groups in total. The third-order valence-corrected chi connectivity index (χ3v) is 4.45. The molecule has 4 nitrogen and oxygen atoms in total. The number of aromatic hydroxyl groups is 1. The summed E-state index contributed by atoms with van der Waals surface area (Å²) in [5.74, 6) is 0.200. The van der Waals surface area contributed by atoms with Gasteiger partial charge in [-0.2, -0.15) is 0 Å². The number of hydrogen-bond donors (Lipinski definition) is 2. The zero-order valence-corrected chi connectivity index (χ0v) is 17.3. The second kappa shape index (κ2) is 9.40. The number of carbonyl (C=O) groups is 1. The molecule has 0 saturated heterocycles. The van der Waals surface area contributed by atoms with Crippen molar-refractivity contribution in [3.05, 3.63) is 28.8 Å². The maximum absolute atomic E-state index is 11.8. The molecule has 0 aliphatic rings. The molecule has 0 aliphatic heterocycles. The molecule has 4 heteroatoms. The van der Waals surface area contributed by atoms with Crippen LogP contribution in [-0.2, 0) is 26.8 Å². The van der Waals surface area contributed by atoms with E-state index in [1.807, 2.05) is 0 Å². The maximum atomic E-state index is 11.8. The standard InChI is InChI=1S/C22H36O4/c1-21(2,3)17-14-16(15-18(20(17)25)22(4,5)6)10-9-11-19(24)26-13-8-7-12-23/h14-15,23,25H,7-13H2,1-6H3. The first-order chi connectivity index (χ1) is 12.0. The number of hydrogen-bond acceptors (Lipinski definition) is 4. The van der Waals surface area contributed by atoms with Crippen molar-refractivity contribution < 1.29 is 19.7 Å². The number of benzene rings is 1. The van der Waals surface area contributed by atoms with Gasteiger partial charge in [0.05, 0.1) is 6.61 Å². The number of aliphatic hydroxyl groups excluding tert-OH is 1. The topological polar surface area (TPSA) is 66.8 Å². The summed E-state index contributed by atoms with van der Waals surface area (Å²) < 4.78 is 5.17. The minimum atomic E-state index is -0.186. The molecule has 26 heavy (non-hydrogen) atoms. The lowest BCUT2D eigenvalue weighted by atomic mass is 9.78. The number of rotatable bonds is 8. The van der Waals surface area contributed by atoms with Crippen LogP contribution in [-0.4, -0.2) is 29.4 Å². The molecular weight excluding hydrogens is 328 g/mol. The molecule has 0 unspecified atom stereocenters. The SMILES string of the molecule is CC(C)(C)c1cc(CCCC(=O)OCCCCO)cc(C(C)(C)C)c1O. The summed E-state index contributed by atoms with van der Waals surface area (Å²) in [4.78, 5) is 11.8.